The Hall–Kier alpha value is -0.300. The Labute approximate surface area is 80.2 Å². The van der Waals surface area contributed by atoms with Crippen molar-refractivity contribution in [2.24, 2.45) is 5.92 Å². The predicted octanol–water partition coefficient (Wildman–Crippen LogP) is 3.06. The van der Waals surface area contributed by atoms with Gasteiger partial charge in [-0.15, -0.1) is 0 Å². The summed E-state index contributed by atoms with van der Waals surface area (Å²) in [4.78, 5) is 0. The average Bonchev–Trinajstić information content (AvgIpc) is 2.65. The molecule has 3 rings (SSSR count). The van der Waals surface area contributed by atoms with Gasteiger partial charge in [0, 0.05) is 0 Å². The second-order valence-corrected chi connectivity index (χ2v) is 4.68. The van der Waals surface area contributed by atoms with Crippen LogP contribution in [0.1, 0.15) is 44.9 Å². The number of ether oxygens (including phenoxy) is 1. The van der Waals surface area contributed by atoms with Gasteiger partial charge < -0.3 is 4.74 Å². The summed E-state index contributed by atoms with van der Waals surface area (Å²) in [5, 5.41) is 0. The first-order valence-corrected chi connectivity index (χ1v) is 5.78. The average molecular weight is 178 g/mol. The Morgan fingerprint density at radius 3 is 2.92 bits per heavy atom. The molecule has 1 saturated carbocycles. The van der Waals surface area contributed by atoms with Crippen molar-refractivity contribution in [3.63, 3.8) is 0 Å². The Balaban J connectivity index is 1.94. The standard InChI is InChI=1S/C12H18O/c1-2-4-10-9(3-1)5-6-12-11(10)7-8-13-12/h9,12H,1-8H2. The van der Waals surface area contributed by atoms with Gasteiger partial charge in [-0.2, -0.15) is 0 Å². The van der Waals surface area contributed by atoms with Crippen LogP contribution in [0.3, 0.4) is 0 Å². The van der Waals surface area contributed by atoms with Crippen molar-refractivity contribution in [3.8, 4) is 0 Å². The van der Waals surface area contributed by atoms with Crippen LogP contribution in [0.25, 0.3) is 0 Å². The van der Waals surface area contributed by atoms with Gasteiger partial charge in [-0.05, 0) is 50.0 Å². The molecule has 0 N–H and O–H groups in total. The van der Waals surface area contributed by atoms with Crippen molar-refractivity contribution in [3.05, 3.63) is 11.1 Å². The number of rotatable bonds is 0. The van der Waals surface area contributed by atoms with E-state index in [2.05, 4.69) is 0 Å². The van der Waals surface area contributed by atoms with Crippen LogP contribution < -0.4 is 0 Å². The maximum atomic E-state index is 5.75. The minimum atomic E-state index is 0.546. The fourth-order valence-corrected chi connectivity index (χ4v) is 3.38. The van der Waals surface area contributed by atoms with Crippen LogP contribution in [-0.2, 0) is 4.74 Å². The lowest BCUT2D eigenvalue weighted by molar-refractivity contribution is 0.105. The summed E-state index contributed by atoms with van der Waals surface area (Å²) in [6.07, 6.45) is 10.3. The summed E-state index contributed by atoms with van der Waals surface area (Å²) in [6.45, 7) is 0.996. The third-order valence-corrected chi connectivity index (χ3v) is 4.01. The van der Waals surface area contributed by atoms with Crippen molar-refractivity contribution in [2.75, 3.05) is 6.61 Å². The third kappa shape index (κ3) is 1.25. The van der Waals surface area contributed by atoms with Crippen molar-refractivity contribution in [1.82, 2.24) is 0 Å². The van der Waals surface area contributed by atoms with E-state index in [-0.39, 0.29) is 0 Å². The fourth-order valence-electron chi connectivity index (χ4n) is 3.38. The van der Waals surface area contributed by atoms with E-state index < -0.39 is 0 Å². The summed E-state index contributed by atoms with van der Waals surface area (Å²) in [7, 11) is 0. The maximum absolute atomic E-state index is 5.75. The fraction of sp³-hybridized carbons (Fsp3) is 0.833. The number of allylic oxidation sites excluding steroid dienone is 1. The smallest absolute Gasteiger partial charge is 0.0788 e. The van der Waals surface area contributed by atoms with Crippen molar-refractivity contribution < 1.29 is 4.74 Å². The molecule has 0 amide bonds. The van der Waals surface area contributed by atoms with Crippen LogP contribution in [0.15, 0.2) is 11.1 Å². The van der Waals surface area contributed by atoms with E-state index in [1.165, 1.54) is 44.9 Å². The molecule has 0 aromatic carbocycles. The van der Waals surface area contributed by atoms with Crippen LogP contribution in [0, 0.1) is 5.92 Å². The van der Waals surface area contributed by atoms with Crippen LogP contribution in [-0.4, -0.2) is 12.7 Å². The molecule has 0 radical (unpaired) electrons. The lowest BCUT2D eigenvalue weighted by atomic mass is 9.73. The molecule has 13 heavy (non-hydrogen) atoms. The van der Waals surface area contributed by atoms with Crippen molar-refractivity contribution >= 4 is 0 Å². The SMILES string of the molecule is C1CCC2CCC3OCCC3=C2C1. The molecule has 1 heterocycles. The third-order valence-electron chi connectivity index (χ3n) is 4.01. The molecule has 2 aliphatic carbocycles. The molecule has 0 spiro atoms. The van der Waals surface area contributed by atoms with Gasteiger partial charge in [0.1, 0.15) is 0 Å². The zero-order chi connectivity index (χ0) is 8.67. The molecule has 1 saturated heterocycles. The number of hydrogen-bond acceptors (Lipinski definition) is 1. The molecular weight excluding hydrogens is 160 g/mol. The Morgan fingerprint density at radius 1 is 0.923 bits per heavy atom. The van der Waals surface area contributed by atoms with Crippen LogP contribution in [0.4, 0.5) is 0 Å². The maximum Gasteiger partial charge on any atom is 0.0788 e. The van der Waals surface area contributed by atoms with E-state index >= 15 is 0 Å². The van der Waals surface area contributed by atoms with Gasteiger partial charge in [0.05, 0.1) is 12.7 Å². The van der Waals surface area contributed by atoms with Gasteiger partial charge in [-0.3, -0.25) is 0 Å². The Bertz CT molecular complexity index is 242. The highest BCUT2D eigenvalue weighted by atomic mass is 16.5. The highest BCUT2D eigenvalue weighted by Crippen LogP contribution is 2.43. The second kappa shape index (κ2) is 3.13. The quantitative estimate of drug-likeness (QED) is 0.518. The zero-order valence-electron chi connectivity index (χ0n) is 8.22. The van der Waals surface area contributed by atoms with Gasteiger partial charge in [-0.25, -0.2) is 0 Å². The summed E-state index contributed by atoms with van der Waals surface area (Å²) in [6, 6.07) is 0. The Morgan fingerprint density at radius 2 is 1.92 bits per heavy atom. The molecule has 3 aliphatic rings. The highest BCUT2D eigenvalue weighted by molar-refractivity contribution is 5.27. The van der Waals surface area contributed by atoms with Gasteiger partial charge in [0.25, 0.3) is 0 Å². The Kier molecular flexibility index (Phi) is 1.93. The summed E-state index contributed by atoms with van der Waals surface area (Å²) < 4.78 is 5.75. The van der Waals surface area contributed by atoms with Gasteiger partial charge in [0.15, 0.2) is 0 Å². The molecule has 2 fully saturated rings. The number of hydrogen-bond donors (Lipinski definition) is 0. The van der Waals surface area contributed by atoms with Gasteiger partial charge in [-0.1, -0.05) is 12.0 Å². The molecule has 1 nitrogen and oxygen atoms in total. The van der Waals surface area contributed by atoms with Crippen LogP contribution in [0.5, 0.6) is 0 Å². The zero-order valence-corrected chi connectivity index (χ0v) is 8.22. The lowest BCUT2D eigenvalue weighted by Gasteiger charge is -2.33. The minimum Gasteiger partial charge on any atom is -0.374 e. The van der Waals surface area contributed by atoms with Crippen LogP contribution >= 0.6 is 0 Å². The number of fused-ring (bicyclic) bond motifs is 2. The molecule has 0 aromatic heterocycles. The van der Waals surface area contributed by atoms with E-state index in [4.69, 9.17) is 4.74 Å². The first-order valence-electron chi connectivity index (χ1n) is 5.78. The van der Waals surface area contributed by atoms with Crippen molar-refractivity contribution in [2.45, 2.75) is 51.0 Å². The minimum absolute atomic E-state index is 0.546. The second-order valence-electron chi connectivity index (χ2n) is 4.68. The van der Waals surface area contributed by atoms with Gasteiger partial charge >= 0.3 is 0 Å². The highest BCUT2D eigenvalue weighted by Gasteiger charge is 2.33. The molecular formula is C12H18O. The molecule has 2 unspecified atom stereocenters. The topological polar surface area (TPSA) is 9.23 Å². The molecule has 1 heteroatoms. The van der Waals surface area contributed by atoms with Crippen molar-refractivity contribution in [1.29, 1.82) is 0 Å². The predicted molar refractivity (Wildman–Crippen MR) is 52.6 cm³/mol. The first-order chi connectivity index (χ1) is 6.45. The monoisotopic (exact) mass is 178 g/mol. The molecule has 0 aromatic rings. The summed E-state index contributed by atoms with van der Waals surface area (Å²) in [5.74, 6) is 0.960. The lowest BCUT2D eigenvalue weighted by Crippen LogP contribution is -2.23. The molecule has 0 bridgehead atoms. The summed E-state index contributed by atoms with van der Waals surface area (Å²) in [5.41, 5.74) is 3.54. The van der Waals surface area contributed by atoms with E-state index in [1.807, 2.05) is 5.57 Å². The van der Waals surface area contributed by atoms with E-state index in [0.717, 1.165) is 12.5 Å². The first kappa shape index (κ1) is 8.05. The van der Waals surface area contributed by atoms with Gasteiger partial charge in [0.2, 0.25) is 0 Å². The largest absolute Gasteiger partial charge is 0.374 e. The van der Waals surface area contributed by atoms with E-state index in [9.17, 15) is 0 Å². The molecule has 72 valence electrons. The van der Waals surface area contributed by atoms with E-state index in [1.54, 1.807) is 5.57 Å². The molecule has 1 aliphatic heterocycles. The van der Waals surface area contributed by atoms with Crippen LogP contribution in [0.2, 0.25) is 0 Å². The van der Waals surface area contributed by atoms with E-state index in [0.29, 0.717) is 6.10 Å². The normalized spacial score (nSPS) is 38.8. The summed E-state index contributed by atoms with van der Waals surface area (Å²) >= 11 is 0. The molecule has 2 atom stereocenters.